The summed E-state index contributed by atoms with van der Waals surface area (Å²) in [6, 6.07) is 0.259. The highest BCUT2D eigenvalue weighted by molar-refractivity contribution is 4.63. The average Bonchev–Trinajstić information content (AvgIpc) is 1.36. The monoisotopic (exact) mass is 105 g/mol. The van der Waals surface area contributed by atoms with Gasteiger partial charge in [0.2, 0.25) is 0 Å². The van der Waals surface area contributed by atoms with Gasteiger partial charge in [0.15, 0.2) is 0 Å². The quantitative estimate of drug-likeness (QED) is 0.433. The number of rotatable bonds is 1. The van der Waals surface area contributed by atoms with Crippen molar-refractivity contribution in [2.45, 2.75) is 25.9 Å². The third-order valence-corrected chi connectivity index (χ3v) is 0.829. The predicted octanol–water partition coefficient (Wildman–Crippen LogP) is -0.157. The molecule has 7 heavy (non-hydrogen) atoms. The van der Waals surface area contributed by atoms with E-state index in [0.29, 0.717) is 0 Å². The molecule has 0 radical (unpaired) electrons. The Kier molecular flexibility index (Phi) is 5.78. The van der Waals surface area contributed by atoms with E-state index in [9.17, 15) is 0 Å². The fourth-order valence-electron chi connectivity index (χ4n) is 0. The van der Waals surface area contributed by atoms with Crippen LogP contribution in [-0.4, -0.2) is 12.1 Å². The van der Waals surface area contributed by atoms with E-state index < -0.39 is 0 Å². The molecule has 2 unspecified atom stereocenters. The van der Waals surface area contributed by atoms with E-state index in [1.165, 1.54) is 0 Å². The zero-order chi connectivity index (χ0) is 5.15. The highest BCUT2D eigenvalue weighted by Crippen LogP contribution is 1.77. The fourth-order valence-corrected chi connectivity index (χ4v) is 0. The van der Waals surface area contributed by atoms with Crippen molar-refractivity contribution in [2.24, 2.45) is 11.5 Å². The van der Waals surface area contributed by atoms with Crippen molar-refractivity contribution in [3.63, 3.8) is 0 Å². The summed E-state index contributed by atoms with van der Waals surface area (Å²) >= 11 is 0. The van der Waals surface area contributed by atoms with E-state index in [4.69, 9.17) is 11.5 Å². The van der Waals surface area contributed by atoms with Crippen molar-refractivity contribution >= 4 is 0 Å². The maximum absolute atomic E-state index is 5.31. The molecule has 0 saturated heterocycles. The third kappa shape index (κ3) is 5.88. The Morgan fingerprint density at radius 1 is 1.00 bits per heavy atom. The second-order valence-electron chi connectivity index (χ2n) is 1.72. The van der Waals surface area contributed by atoms with Gasteiger partial charge in [-0.05, 0) is 13.8 Å². The van der Waals surface area contributed by atoms with Crippen molar-refractivity contribution in [1.82, 2.24) is 6.15 Å². The second-order valence-corrected chi connectivity index (χ2v) is 1.72. The Morgan fingerprint density at radius 3 is 1.14 bits per heavy atom. The van der Waals surface area contributed by atoms with Gasteiger partial charge >= 0.3 is 0 Å². The first-order valence-corrected chi connectivity index (χ1v) is 2.15. The molecular weight excluding hydrogens is 90.1 g/mol. The van der Waals surface area contributed by atoms with Gasteiger partial charge in [-0.2, -0.15) is 0 Å². The van der Waals surface area contributed by atoms with Gasteiger partial charge in [0.25, 0.3) is 0 Å². The lowest BCUT2D eigenvalue weighted by molar-refractivity contribution is 0.603. The molecule has 2 atom stereocenters. The first-order chi connectivity index (χ1) is 2.64. The maximum Gasteiger partial charge on any atom is 0.0160 e. The lowest BCUT2D eigenvalue weighted by atomic mass is 10.2. The Balaban J connectivity index is 0. The van der Waals surface area contributed by atoms with Gasteiger partial charge in [-0.25, -0.2) is 0 Å². The molecule has 7 N–H and O–H groups in total. The minimum Gasteiger partial charge on any atom is -0.344 e. The van der Waals surface area contributed by atoms with E-state index in [0.717, 1.165) is 0 Å². The predicted molar refractivity (Wildman–Crippen MR) is 32.3 cm³/mol. The molecular formula is C4H15N3. The molecule has 0 aromatic carbocycles. The van der Waals surface area contributed by atoms with Crippen LogP contribution in [0.3, 0.4) is 0 Å². The summed E-state index contributed by atoms with van der Waals surface area (Å²) in [4.78, 5) is 0. The van der Waals surface area contributed by atoms with E-state index in [-0.39, 0.29) is 18.2 Å². The van der Waals surface area contributed by atoms with Gasteiger partial charge in [-0.3, -0.25) is 0 Å². The summed E-state index contributed by atoms with van der Waals surface area (Å²) in [5.41, 5.74) is 10.6. The molecule has 0 aliphatic carbocycles. The minimum absolute atomic E-state index is 0. The molecule has 0 rings (SSSR count). The molecule has 0 aromatic heterocycles. The maximum atomic E-state index is 5.31. The van der Waals surface area contributed by atoms with E-state index >= 15 is 0 Å². The molecule has 3 nitrogen and oxygen atoms in total. The zero-order valence-electron chi connectivity index (χ0n) is 5.02. The van der Waals surface area contributed by atoms with Gasteiger partial charge in [0, 0.05) is 12.1 Å². The SMILES string of the molecule is CC(N)C(C)N.N. The van der Waals surface area contributed by atoms with Crippen LogP contribution in [0.4, 0.5) is 0 Å². The topological polar surface area (TPSA) is 87.0 Å². The van der Waals surface area contributed by atoms with Gasteiger partial charge in [0.1, 0.15) is 0 Å². The molecule has 0 aromatic rings. The Hall–Kier alpha value is -0.120. The van der Waals surface area contributed by atoms with Crippen LogP contribution in [-0.2, 0) is 0 Å². The lowest BCUT2D eigenvalue weighted by Crippen LogP contribution is -2.35. The number of hydrogen-bond acceptors (Lipinski definition) is 3. The summed E-state index contributed by atoms with van der Waals surface area (Å²) in [5.74, 6) is 0. The van der Waals surface area contributed by atoms with Crippen molar-refractivity contribution in [2.75, 3.05) is 0 Å². The summed E-state index contributed by atoms with van der Waals surface area (Å²) < 4.78 is 0. The van der Waals surface area contributed by atoms with Crippen LogP contribution in [0.2, 0.25) is 0 Å². The summed E-state index contributed by atoms with van der Waals surface area (Å²) in [7, 11) is 0. The smallest absolute Gasteiger partial charge is 0.0160 e. The van der Waals surface area contributed by atoms with Crippen molar-refractivity contribution < 1.29 is 0 Å². The Labute approximate surface area is 44.6 Å². The van der Waals surface area contributed by atoms with E-state index in [1.54, 1.807) is 0 Å². The molecule has 0 aliphatic heterocycles. The normalized spacial score (nSPS) is 17.1. The Bertz CT molecular complexity index is 27.9. The van der Waals surface area contributed by atoms with Crippen LogP contribution in [0.25, 0.3) is 0 Å². The molecule has 46 valence electrons. The van der Waals surface area contributed by atoms with Gasteiger partial charge in [-0.15, -0.1) is 0 Å². The number of hydrogen-bond donors (Lipinski definition) is 3. The van der Waals surface area contributed by atoms with Crippen molar-refractivity contribution in [3.05, 3.63) is 0 Å². The van der Waals surface area contributed by atoms with Crippen LogP contribution in [0.1, 0.15) is 13.8 Å². The molecule has 0 heterocycles. The minimum atomic E-state index is 0. The van der Waals surface area contributed by atoms with E-state index in [1.807, 2.05) is 13.8 Å². The molecule has 0 aliphatic rings. The van der Waals surface area contributed by atoms with Gasteiger partial charge in [-0.1, -0.05) is 0 Å². The standard InChI is InChI=1S/C4H12N2.H3N/c1-3(5)4(2)6;/h3-4H,5-6H2,1-2H3;1H3. The van der Waals surface area contributed by atoms with Crippen molar-refractivity contribution in [1.29, 1.82) is 0 Å². The molecule has 0 saturated carbocycles. The zero-order valence-corrected chi connectivity index (χ0v) is 5.02. The molecule has 0 spiro atoms. The molecule has 0 amide bonds. The first-order valence-electron chi connectivity index (χ1n) is 2.15. The fraction of sp³-hybridized carbons (Fsp3) is 1.00. The largest absolute Gasteiger partial charge is 0.344 e. The van der Waals surface area contributed by atoms with Crippen LogP contribution in [0.15, 0.2) is 0 Å². The van der Waals surface area contributed by atoms with Gasteiger partial charge < -0.3 is 17.6 Å². The number of nitrogens with two attached hydrogens (primary N) is 2. The Morgan fingerprint density at radius 2 is 1.14 bits per heavy atom. The molecule has 0 bridgehead atoms. The highest BCUT2D eigenvalue weighted by Gasteiger charge is 1.96. The van der Waals surface area contributed by atoms with Crippen LogP contribution in [0, 0.1) is 0 Å². The molecule has 0 fully saturated rings. The highest BCUT2D eigenvalue weighted by atomic mass is 14.7. The molecule has 3 heteroatoms. The summed E-state index contributed by atoms with van der Waals surface area (Å²) in [6.45, 7) is 3.79. The van der Waals surface area contributed by atoms with Crippen molar-refractivity contribution in [3.8, 4) is 0 Å². The van der Waals surface area contributed by atoms with Crippen LogP contribution < -0.4 is 17.6 Å². The van der Waals surface area contributed by atoms with Gasteiger partial charge in [0.05, 0.1) is 0 Å². The average molecular weight is 105 g/mol. The third-order valence-electron chi connectivity index (χ3n) is 0.829. The first kappa shape index (κ1) is 9.99. The van der Waals surface area contributed by atoms with E-state index in [2.05, 4.69) is 0 Å². The lowest BCUT2D eigenvalue weighted by Gasteiger charge is -2.06. The van der Waals surface area contributed by atoms with Crippen LogP contribution >= 0.6 is 0 Å². The summed E-state index contributed by atoms with van der Waals surface area (Å²) in [6.07, 6.45) is 0. The second kappa shape index (κ2) is 4.05. The van der Waals surface area contributed by atoms with Crippen LogP contribution in [0.5, 0.6) is 0 Å². The summed E-state index contributed by atoms with van der Waals surface area (Å²) in [5, 5.41) is 0.